The number of methoxy groups -OCH3 is 1. The van der Waals surface area contributed by atoms with Crippen LogP contribution in [0.3, 0.4) is 0 Å². The van der Waals surface area contributed by atoms with Crippen molar-refractivity contribution in [1.82, 2.24) is 29.9 Å². The van der Waals surface area contributed by atoms with Crippen LogP contribution in [0.5, 0.6) is 23.0 Å². The number of esters is 2. The van der Waals surface area contributed by atoms with Crippen molar-refractivity contribution in [3.8, 4) is 68.5 Å². The smallest absolute Gasteiger partial charge is 0.403 e. The van der Waals surface area contributed by atoms with E-state index in [0.29, 0.717) is 79.1 Å². The fourth-order valence-corrected chi connectivity index (χ4v) is 6.99. The number of fused-ring (bicyclic) bond motifs is 4. The molecule has 70 heavy (non-hydrogen) atoms. The molecule has 0 saturated carbocycles. The maximum absolute atomic E-state index is 11.5. The zero-order valence-corrected chi connectivity index (χ0v) is 39.6. The number of hydrogen-bond acceptors (Lipinski definition) is 14. The second-order valence-electron chi connectivity index (χ2n) is 14.7. The average Bonchev–Trinajstić information content (AvgIpc) is 3.37. The SMILES string of the molecule is CC(=O)Oc1cccc2ccc(-c3cccc(-c4ccc5cccc(OC(C)=O)c5n4)n3)nc12.COC(=O)Cl.ClCCl.Oc1cccc2ccc(-c3cccc(-c4ccc5cccc(O)c5n4)n3)nc12.[HH]. The second-order valence-corrected chi connectivity index (χ2v) is 15.8. The normalized spacial score (nSPS) is 10.5. The molecule has 14 nitrogen and oxygen atoms in total. The van der Waals surface area contributed by atoms with Gasteiger partial charge in [0.1, 0.15) is 33.6 Å². The fourth-order valence-electron chi connectivity index (χ4n) is 6.99. The summed E-state index contributed by atoms with van der Waals surface area (Å²) in [6.45, 7) is 2.72. The van der Waals surface area contributed by atoms with Gasteiger partial charge in [0.2, 0.25) is 0 Å². The molecule has 6 heterocycles. The molecule has 0 radical (unpaired) electrons. The van der Waals surface area contributed by atoms with Crippen LogP contribution >= 0.6 is 34.8 Å². The van der Waals surface area contributed by atoms with Crippen LogP contribution in [0, 0.1) is 0 Å². The van der Waals surface area contributed by atoms with Gasteiger partial charge in [-0.3, -0.25) is 9.59 Å². The van der Waals surface area contributed by atoms with Crippen molar-refractivity contribution in [3.63, 3.8) is 0 Å². The molecule has 2 N–H and O–H groups in total. The van der Waals surface area contributed by atoms with Crippen LogP contribution in [-0.4, -0.2) is 69.9 Å². The van der Waals surface area contributed by atoms with Gasteiger partial charge < -0.3 is 24.4 Å². The molecule has 352 valence electrons. The van der Waals surface area contributed by atoms with Gasteiger partial charge in [0.05, 0.1) is 58.0 Å². The summed E-state index contributed by atoms with van der Waals surface area (Å²) in [6, 6.07) is 47.9. The van der Waals surface area contributed by atoms with Gasteiger partial charge in [0.15, 0.2) is 11.5 Å². The number of aromatic nitrogens is 6. The number of para-hydroxylation sites is 4. The van der Waals surface area contributed by atoms with Crippen LogP contribution in [0.15, 0.2) is 158 Å². The molecule has 17 heteroatoms. The maximum Gasteiger partial charge on any atom is 0.403 e. The standard InChI is InChI=1S/C27H19N3O4.C23H15N3O2.C2H3ClO2.CH2Cl2.H2/c1-16(31)33-24-10-3-6-18-12-14-22(29-26(18)24)20-8-5-9-21(28-20)23-15-13-19-7-4-11-25(27(19)30-23)34-17(2)32;27-20-8-1-4-14-10-12-18(25-22(14)20)16-6-3-7-17(24-16)19-13-11-15-5-2-9-21(28)23(15)26-19;1-5-2(3)4;2-1-3;/h3-15H,1-2H3;1-13,27-28H;1H3;1H2;1H. The van der Waals surface area contributed by atoms with E-state index in [-0.39, 0.29) is 18.3 Å². The van der Waals surface area contributed by atoms with Gasteiger partial charge >= 0.3 is 17.4 Å². The Labute approximate surface area is 416 Å². The first-order chi connectivity index (χ1) is 33.8. The fraction of sp³-hybridized carbons (Fsp3) is 0.0755. The minimum atomic E-state index is -0.773. The predicted molar refractivity (Wildman–Crippen MR) is 274 cm³/mol. The first-order valence-electron chi connectivity index (χ1n) is 21.0. The molecule has 0 saturated heterocycles. The van der Waals surface area contributed by atoms with E-state index in [4.69, 9.17) is 52.6 Å². The Morgan fingerprint density at radius 3 is 0.986 bits per heavy atom. The van der Waals surface area contributed by atoms with E-state index in [0.717, 1.165) is 21.5 Å². The van der Waals surface area contributed by atoms with Crippen molar-refractivity contribution in [3.05, 3.63) is 158 Å². The molecule has 10 aromatic rings. The number of aromatic hydroxyl groups is 2. The van der Waals surface area contributed by atoms with E-state index in [1.807, 2.05) is 121 Å². The predicted octanol–water partition coefficient (Wildman–Crippen LogP) is 12.9. The van der Waals surface area contributed by atoms with Crippen molar-refractivity contribution in [2.24, 2.45) is 0 Å². The molecule has 0 fully saturated rings. The summed E-state index contributed by atoms with van der Waals surface area (Å²) >= 11 is 14.1. The molecular formula is C53H41Cl3N6O8. The van der Waals surface area contributed by atoms with E-state index in [1.54, 1.807) is 36.4 Å². The number of rotatable bonds is 6. The number of ether oxygens (including phenoxy) is 3. The zero-order valence-electron chi connectivity index (χ0n) is 37.4. The highest BCUT2D eigenvalue weighted by Gasteiger charge is 2.14. The van der Waals surface area contributed by atoms with Crippen molar-refractivity contribution in [2.45, 2.75) is 13.8 Å². The number of pyridine rings is 6. The quantitative estimate of drug-likeness (QED) is 0.0690. The Morgan fingerprint density at radius 2 is 0.686 bits per heavy atom. The summed E-state index contributed by atoms with van der Waals surface area (Å²) in [5, 5.41) is 23.8. The molecule has 0 bridgehead atoms. The molecule has 0 aliphatic rings. The Hall–Kier alpha value is -8.30. The number of carbonyl (C=O) groups excluding carboxylic acids is 3. The lowest BCUT2D eigenvalue weighted by Gasteiger charge is -2.09. The second kappa shape index (κ2) is 23.1. The third-order valence-electron chi connectivity index (χ3n) is 9.98. The first kappa shape index (κ1) is 49.6. The van der Waals surface area contributed by atoms with E-state index in [9.17, 15) is 24.6 Å². The number of nitrogens with zero attached hydrogens (tertiary/aromatic N) is 6. The van der Waals surface area contributed by atoms with Crippen LogP contribution in [-0.2, 0) is 14.3 Å². The summed E-state index contributed by atoms with van der Waals surface area (Å²) in [6.07, 6.45) is 0. The molecule has 0 amide bonds. The Bertz CT molecular complexity index is 3340. The number of benzene rings is 4. The van der Waals surface area contributed by atoms with Gasteiger partial charge in [0.25, 0.3) is 0 Å². The van der Waals surface area contributed by atoms with Crippen molar-refractivity contribution in [1.29, 1.82) is 0 Å². The van der Waals surface area contributed by atoms with Gasteiger partial charge in [-0.2, -0.15) is 0 Å². The highest BCUT2D eigenvalue weighted by molar-refractivity contribution is 6.61. The summed E-state index contributed by atoms with van der Waals surface area (Å²) in [7, 11) is 1.22. The lowest BCUT2D eigenvalue weighted by atomic mass is 10.1. The lowest BCUT2D eigenvalue weighted by Crippen LogP contribution is -2.03. The summed E-state index contributed by atoms with van der Waals surface area (Å²) in [5.74, 6) is 0.268. The van der Waals surface area contributed by atoms with E-state index < -0.39 is 17.4 Å². The molecule has 0 aliphatic heterocycles. The number of halogens is 3. The molecule has 6 aromatic heterocycles. The number of hydrogen-bond donors (Lipinski definition) is 2. The minimum Gasteiger partial charge on any atom is -0.506 e. The molecule has 0 atom stereocenters. The molecule has 0 unspecified atom stereocenters. The van der Waals surface area contributed by atoms with Gasteiger partial charge in [-0.1, -0.05) is 84.9 Å². The van der Waals surface area contributed by atoms with Crippen molar-refractivity contribution < 1.29 is 40.2 Å². The monoisotopic (exact) mass is 994 g/mol. The van der Waals surface area contributed by atoms with Gasteiger partial charge in [0, 0.05) is 48.4 Å². The average molecular weight is 996 g/mol. The molecule has 0 aliphatic carbocycles. The summed E-state index contributed by atoms with van der Waals surface area (Å²) in [5.41, 5.74) is 6.73. The lowest BCUT2D eigenvalue weighted by molar-refractivity contribution is -0.132. The van der Waals surface area contributed by atoms with Crippen molar-refractivity contribution >= 4 is 95.8 Å². The summed E-state index contributed by atoms with van der Waals surface area (Å²) in [4.78, 5) is 60.4. The summed E-state index contributed by atoms with van der Waals surface area (Å²) < 4.78 is 14.5. The Morgan fingerprint density at radius 1 is 0.429 bits per heavy atom. The third-order valence-corrected chi connectivity index (χ3v) is 10.1. The van der Waals surface area contributed by atoms with Gasteiger partial charge in [-0.25, -0.2) is 34.7 Å². The van der Waals surface area contributed by atoms with Gasteiger partial charge in [-0.05, 0) is 72.8 Å². The van der Waals surface area contributed by atoms with Crippen LogP contribution in [0.1, 0.15) is 15.3 Å². The molecule has 10 rings (SSSR count). The molecule has 4 aromatic carbocycles. The zero-order chi connectivity index (χ0) is 49.7. The maximum atomic E-state index is 11.5. The van der Waals surface area contributed by atoms with Crippen LogP contribution in [0.2, 0.25) is 0 Å². The number of phenols is 2. The Kier molecular flexibility index (Phi) is 16.4. The largest absolute Gasteiger partial charge is 0.506 e. The number of carbonyl (C=O) groups is 3. The van der Waals surface area contributed by atoms with E-state index >= 15 is 0 Å². The number of alkyl halides is 2. The minimum absolute atomic E-state index is 0. The van der Waals surface area contributed by atoms with Gasteiger partial charge in [-0.15, -0.1) is 23.2 Å². The number of phenolic OH excluding ortho intramolecular Hbond substituents is 2. The van der Waals surface area contributed by atoms with E-state index in [2.05, 4.69) is 26.3 Å². The van der Waals surface area contributed by atoms with Crippen molar-refractivity contribution in [2.75, 3.05) is 12.4 Å². The first-order valence-corrected chi connectivity index (χ1v) is 22.4. The third kappa shape index (κ3) is 12.2. The van der Waals surface area contributed by atoms with Crippen LogP contribution in [0.25, 0.3) is 89.2 Å². The molecular weight excluding hydrogens is 955 g/mol. The molecule has 0 spiro atoms. The Balaban J connectivity index is 0.000000202. The van der Waals surface area contributed by atoms with Crippen LogP contribution in [0.4, 0.5) is 4.79 Å². The topological polar surface area (TPSA) is 197 Å². The highest BCUT2D eigenvalue weighted by Crippen LogP contribution is 2.32. The van der Waals surface area contributed by atoms with E-state index in [1.165, 1.54) is 21.0 Å². The van der Waals surface area contributed by atoms with Crippen LogP contribution < -0.4 is 9.47 Å². The highest BCUT2D eigenvalue weighted by atomic mass is 35.5.